The van der Waals surface area contributed by atoms with Gasteiger partial charge in [0, 0.05) is 16.9 Å². The molecule has 2 N–H and O–H groups in total. The minimum absolute atomic E-state index is 0.0458. The van der Waals surface area contributed by atoms with E-state index in [9.17, 15) is 18.0 Å². The van der Waals surface area contributed by atoms with Gasteiger partial charge in [0.25, 0.3) is 0 Å². The number of ketones is 1. The van der Waals surface area contributed by atoms with Gasteiger partial charge in [0.1, 0.15) is 5.78 Å². The van der Waals surface area contributed by atoms with Crippen LogP contribution < -0.4 is 5.32 Å². The van der Waals surface area contributed by atoms with Crippen LogP contribution in [0.4, 0.5) is 13.2 Å². The van der Waals surface area contributed by atoms with Crippen LogP contribution in [0.25, 0.3) is 0 Å². The molecule has 0 heterocycles. The quantitative estimate of drug-likeness (QED) is 0.728. The second-order valence-corrected chi connectivity index (χ2v) is 5.68. The molecule has 0 bridgehead atoms. The van der Waals surface area contributed by atoms with Crippen molar-refractivity contribution in [2.45, 2.75) is 31.5 Å². The van der Waals surface area contributed by atoms with Crippen molar-refractivity contribution in [3.05, 3.63) is 34.3 Å². The van der Waals surface area contributed by atoms with Crippen LogP contribution in [0.2, 0.25) is 0 Å². The number of carbonyl (C=O) groups excluding carboxylic acids is 1. The topological polar surface area (TPSA) is 49.3 Å². The van der Waals surface area contributed by atoms with Crippen molar-refractivity contribution < 1.29 is 23.1 Å². The van der Waals surface area contributed by atoms with Crippen molar-refractivity contribution >= 4 is 21.7 Å². The van der Waals surface area contributed by atoms with Gasteiger partial charge in [0.05, 0.1) is 0 Å². The Balaban J connectivity index is 2.50. The molecule has 21 heavy (non-hydrogen) atoms. The van der Waals surface area contributed by atoms with Crippen LogP contribution in [0.3, 0.4) is 0 Å². The Morgan fingerprint density at radius 3 is 2.38 bits per heavy atom. The smallest absolute Gasteiger partial charge is 0.382 e. The molecule has 0 aliphatic heterocycles. The zero-order valence-corrected chi connectivity index (χ0v) is 13.0. The first-order chi connectivity index (χ1) is 9.71. The van der Waals surface area contributed by atoms with E-state index >= 15 is 0 Å². The Hall–Kier alpha value is -0.920. The third-order valence-electron chi connectivity index (χ3n) is 3.09. The van der Waals surface area contributed by atoms with E-state index in [1.807, 2.05) is 12.1 Å². The maximum Gasteiger partial charge on any atom is 0.415 e. The molecule has 0 saturated heterocycles. The van der Waals surface area contributed by atoms with Gasteiger partial charge in [-0.2, -0.15) is 13.2 Å². The molecular weight excluding hydrogens is 351 g/mol. The van der Waals surface area contributed by atoms with Crippen LogP contribution in [0.15, 0.2) is 28.7 Å². The highest BCUT2D eigenvalue weighted by molar-refractivity contribution is 9.10. The fourth-order valence-corrected chi connectivity index (χ4v) is 2.16. The Morgan fingerprint density at radius 1 is 1.33 bits per heavy atom. The zero-order valence-electron chi connectivity index (χ0n) is 11.5. The number of hydrogen-bond acceptors (Lipinski definition) is 3. The first kappa shape index (κ1) is 18.1. The molecule has 0 aromatic heterocycles. The largest absolute Gasteiger partial charge is 0.415 e. The van der Waals surface area contributed by atoms with Gasteiger partial charge in [0.15, 0.2) is 6.10 Å². The fourth-order valence-electron chi connectivity index (χ4n) is 1.90. The van der Waals surface area contributed by atoms with Crippen LogP contribution in [0, 0.1) is 0 Å². The molecule has 0 aliphatic rings. The Morgan fingerprint density at radius 2 is 1.90 bits per heavy atom. The zero-order chi connectivity index (χ0) is 16.0. The number of aliphatic hydroxyl groups is 1. The summed E-state index contributed by atoms with van der Waals surface area (Å²) in [7, 11) is 0. The number of rotatable bonds is 7. The molecule has 3 nitrogen and oxygen atoms in total. The average Bonchev–Trinajstić information content (AvgIpc) is 2.38. The standard InChI is InChI=1S/C14H17BrF3NO2/c1-9(20)12(10-2-4-11(15)5-3-10)6-7-19-8-13(21)14(16,17)18/h2-5,12-13,19,21H,6-8H2,1H3/t12-,13-/m0/s1. The summed E-state index contributed by atoms with van der Waals surface area (Å²) in [5, 5.41) is 11.4. The summed E-state index contributed by atoms with van der Waals surface area (Å²) in [6.07, 6.45) is -6.64. The Bertz CT molecular complexity index is 462. The van der Waals surface area contributed by atoms with Gasteiger partial charge < -0.3 is 10.4 Å². The van der Waals surface area contributed by atoms with Gasteiger partial charge in [-0.3, -0.25) is 4.79 Å². The summed E-state index contributed by atoms with van der Waals surface area (Å²) in [6, 6.07) is 7.24. The number of aliphatic hydroxyl groups excluding tert-OH is 1. The summed E-state index contributed by atoms with van der Waals surface area (Å²) >= 11 is 3.30. The number of benzene rings is 1. The molecule has 1 aromatic carbocycles. The van der Waals surface area contributed by atoms with E-state index in [0.29, 0.717) is 6.42 Å². The highest BCUT2D eigenvalue weighted by Crippen LogP contribution is 2.23. The SMILES string of the molecule is CC(=O)[C@H](CCNC[C@H](O)C(F)(F)F)c1ccc(Br)cc1. The van der Waals surface area contributed by atoms with Crippen molar-refractivity contribution in [2.24, 2.45) is 0 Å². The first-order valence-corrected chi connectivity index (χ1v) is 7.22. The molecule has 118 valence electrons. The summed E-state index contributed by atoms with van der Waals surface area (Å²) in [5.74, 6) is -0.413. The molecular formula is C14H17BrF3NO2. The van der Waals surface area contributed by atoms with Crippen molar-refractivity contribution in [1.82, 2.24) is 5.32 Å². The maximum atomic E-state index is 12.1. The Labute approximate surface area is 129 Å². The minimum Gasteiger partial charge on any atom is -0.382 e. The van der Waals surface area contributed by atoms with Crippen molar-refractivity contribution in [1.29, 1.82) is 0 Å². The minimum atomic E-state index is -4.63. The molecule has 0 fully saturated rings. The lowest BCUT2D eigenvalue weighted by Crippen LogP contribution is -2.39. The van der Waals surface area contributed by atoms with E-state index in [0.717, 1.165) is 10.0 Å². The number of alkyl halides is 3. The first-order valence-electron chi connectivity index (χ1n) is 6.43. The van der Waals surface area contributed by atoms with Crippen molar-refractivity contribution in [3.63, 3.8) is 0 Å². The lowest BCUT2D eigenvalue weighted by molar-refractivity contribution is -0.201. The number of Topliss-reactive ketones (excluding diaryl/α,β-unsaturated/α-hetero) is 1. The van der Waals surface area contributed by atoms with E-state index in [-0.39, 0.29) is 18.2 Å². The lowest BCUT2D eigenvalue weighted by Gasteiger charge is -2.17. The van der Waals surface area contributed by atoms with Crippen LogP contribution in [-0.4, -0.2) is 36.3 Å². The van der Waals surface area contributed by atoms with Gasteiger partial charge >= 0.3 is 6.18 Å². The van der Waals surface area contributed by atoms with Crippen LogP contribution in [0.5, 0.6) is 0 Å². The molecule has 7 heteroatoms. The summed E-state index contributed by atoms with van der Waals surface area (Å²) in [6.45, 7) is 1.10. The van der Waals surface area contributed by atoms with Gasteiger partial charge in [-0.25, -0.2) is 0 Å². The highest BCUT2D eigenvalue weighted by Gasteiger charge is 2.37. The molecule has 0 aliphatic carbocycles. The summed E-state index contributed by atoms with van der Waals surface area (Å²) in [5.41, 5.74) is 0.823. The summed E-state index contributed by atoms with van der Waals surface area (Å²) < 4.78 is 37.2. The van der Waals surface area contributed by atoms with E-state index in [4.69, 9.17) is 5.11 Å². The lowest BCUT2D eigenvalue weighted by atomic mass is 9.92. The number of nitrogens with one attached hydrogen (secondary N) is 1. The number of halogens is 4. The molecule has 0 radical (unpaired) electrons. The maximum absolute atomic E-state index is 12.1. The number of hydrogen-bond donors (Lipinski definition) is 2. The predicted molar refractivity (Wildman–Crippen MR) is 77.1 cm³/mol. The van der Waals surface area contributed by atoms with Gasteiger partial charge in [-0.05, 0) is 37.6 Å². The molecule has 0 unspecified atom stereocenters. The average molecular weight is 368 g/mol. The van der Waals surface area contributed by atoms with Gasteiger partial charge in [0.2, 0.25) is 0 Å². The molecule has 1 rings (SSSR count). The van der Waals surface area contributed by atoms with E-state index < -0.39 is 18.8 Å². The molecule has 1 aromatic rings. The molecule has 0 saturated carbocycles. The normalized spacial score (nSPS) is 14.8. The van der Waals surface area contributed by atoms with E-state index in [2.05, 4.69) is 21.2 Å². The van der Waals surface area contributed by atoms with Crippen molar-refractivity contribution in [2.75, 3.05) is 13.1 Å². The predicted octanol–water partition coefficient (Wildman–Crippen LogP) is 3.02. The summed E-state index contributed by atoms with van der Waals surface area (Å²) in [4.78, 5) is 11.6. The van der Waals surface area contributed by atoms with E-state index in [1.54, 1.807) is 12.1 Å². The third kappa shape index (κ3) is 6.15. The van der Waals surface area contributed by atoms with Gasteiger partial charge in [-0.15, -0.1) is 0 Å². The highest BCUT2D eigenvalue weighted by atomic mass is 79.9. The van der Waals surface area contributed by atoms with Gasteiger partial charge in [-0.1, -0.05) is 28.1 Å². The van der Waals surface area contributed by atoms with Crippen LogP contribution in [0.1, 0.15) is 24.8 Å². The van der Waals surface area contributed by atoms with Crippen LogP contribution in [-0.2, 0) is 4.79 Å². The monoisotopic (exact) mass is 367 g/mol. The third-order valence-corrected chi connectivity index (χ3v) is 3.62. The second kappa shape index (κ2) is 7.91. The molecule has 0 amide bonds. The van der Waals surface area contributed by atoms with Crippen LogP contribution >= 0.6 is 15.9 Å². The fraction of sp³-hybridized carbons (Fsp3) is 0.500. The Kier molecular flexibility index (Phi) is 6.83. The second-order valence-electron chi connectivity index (χ2n) is 4.76. The number of carbonyl (C=O) groups is 1. The molecule has 0 spiro atoms. The van der Waals surface area contributed by atoms with Crippen molar-refractivity contribution in [3.8, 4) is 0 Å². The van der Waals surface area contributed by atoms with E-state index in [1.165, 1.54) is 6.92 Å². The molecule has 2 atom stereocenters.